The minimum absolute atomic E-state index is 0.833. The fraction of sp³-hybridized carbons (Fsp3) is 0.571. The third-order valence-corrected chi connectivity index (χ3v) is 0.879. The molecule has 1 rings (SSSR count). The summed E-state index contributed by atoms with van der Waals surface area (Å²) in [5.41, 5.74) is 0. The van der Waals surface area contributed by atoms with E-state index in [1.165, 1.54) is 0 Å². The van der Waals surface area contributed by atoms with Gasteiger partial charge in [-0.25, -0.2) is 0 Å². The van der Waals surface area contributed by atoms with Gasteiger partial charge in [-0.1, -0.05) is 0 Å². The third-order valence-electron chi connectivity index (χ3n) is 0.879. The van der Waals surface area contributed by atoms with E-state index in [2.05, 4.69) is 6.08 Å². The molecular formula is C7H12O3. The normalized spacial score (nSPS) is 14.4. The Morgan fingerprint density at radius 3 is 2.40 bits per heavy atom. The van der Waals surface area contributed by atoms with Crippen LogP contribution in [0.3, 0.4) is 0 Å². The van der Waals surface area contributed by atoms with Crippen LogP contribution in [0.25, 0.3) is 0 Å². The standard InChI is InChI=1S/C5H8O.C2H4O2/c1-5-3-2-4-6-5;1-2(3)4/h3H,2,4H2,1H3;1H3,(H,3,4). The Balaban J connectivity index is 0.000000180. The second kappa shape index (κ2) is 4.85. The van der Waals surface area contributed by atoms with Crippen molar-refractivity contribution >= 4 is 5.97 Å². The van der Waals surface area contributed by atoms with E-state index in [1.54, 1.807) is 0 Å². The van der Waals surface area contributed by atoms with Gasteiger partial charge in [-0.05, 0) is 13.0 Å². The molecule has 0 saturated carbocycles. The van der Waals surface area contributed by atoms with E-state index in [0.29, 0.717) is 0 Å². The van der Waals surface area contributed by atoms with Gasteiger partial charge in [0.05, 0.1) is 12.4 Å². The van der Waals surface area contributed by atoms with Gasteiger partial charge in [0.2, 0.25) is 0 Å². The fourth-order valence-corrected chi connectivity index (χ4v) is 0.541. The lowest BCUT2D eigenvalue weighted by atomic mass is 10.4. The minimum Gasteiger partial charge on any atom is -0.498 e. The molecule has 0 spiro atoms. The summed E-state index contributed by atoms with van der Waals surface area (Å²) in [6.07, 6.45) is 3.20. The van der Waals surface area contributed by atoms with Gasteiger partial charge < -0.3 is 9.84 Å². The van der Waals surface area contributed by atoms with Gasteiger partial charge in [0.1, 0.15) is 0 Å². The predicted octanol–water partition coefficient (Wildman–Crippen LogP) is 1.40. The average molecular weight is 144 g/mol. The van der Waals surface area contributed by atoms with Gasteiger partial charge in [-0.2, -0.15) is 0 Å². The first kappa shape index (κ1) is 9.01. The topological polar surface area (TPSA) is 46.5 Å². The van der Waals surface area contributed by atoms with E-state index >= 15 is 0 Å². The Bertz CT molecular complexity index is 134. The highest BCUT2D eigenvalue weighted by Crippen LogP contribution is 2.05. The maximum absolute atomic E-state index is 9.00. The number of ether oxygens (including phenoxy) is 1. The second-order valence-corrected chi connectivity index (χ2v) is 1.97. The second-order valence-electron chi connectivity index (χ2n) is 1.97. The molecule has 0 unspecified atom stereocenters. The molecule has 1 N–H and O–H groups in total. The molecule has 1 aliphatic rings. The van der Waals surface area contributed by atoms with Crippen LogP contribution < -0.4 is 0 Å². The molecule has 0 atom stereocenters. The Kier molecular flexibility index (Phi) is 4.37. The van der Waals surface area contributed by atoms with Crippen molar-refractivity contribution < 1.29 is 14.6 Å². The zero-order valence-corrected chi connectivity index (χ0v) is 6.26. The maximum Gasteiger partial charge on any atom is 0.300 e. The monoisotopic (exact) mass is 144 g/mol. The number of rotatable bonds is 0. The smallest absolute Gasteiger partial charge is 0.300 e. The van der Waals surface area contributed by atoms with Crippen molar-refractivity contribution in [1.29, 1.82) is 0 Å². The van der Waals surface area contributed by atoms with Gasteiger partial charge in [0.15, 0.2) is 0 Å². The van der Waals surface area contributed by atoms with Crippen molar-refractivity contribution in [1.82, 2.24) is 0 Å². The van der Waals surface area contributed by atoms with Crippen molar-refractivity contribution in [2.45, 2.75) is 20.3 Å². The van der Waals surface area contributed by atoms with Gasteiger partial charge in [0.25, 0.3) is 5.97 Å². The van der Waals surface area contributed by atoms with E-state index in [4.69, 9.17) is 14.6 Å². The zero-order valence-electron chi connectivity index (χ0n) is 6.26. The van der Waals surface area contributed by atoms with Gasteiger partial charge in [0, 0.05) is 13.3 Å². The number of carboxylic acid groups (broad SMARTS) is 1. The molecular weight excluding hydrogens is 132 g/mol. The Morgan fingerprint density at radius 2 is 2.30 bits per heavy atom. The summed E-state index contributed by atoms with van der Waals surface area (Å²) in [5.74, 6) is 0.245. The molecule has 0 aromatic rings. The molecule has 0 radical (unpaired) electrons. The van der Waals surface area contributed by atoms with Crippen LogP contribution in [-0.4, -0.2) is 17.7 Å². The first-order valence-electron chi connectivity index (χ1n) is 3.12. The van der Waals surface area contributed by atoms with E-state index in [1.807, 2.05) is 6.92 Å². The van der Waals surface area contributed by atoms with E-state index in [9.17, 15) is 0 Å². The van der Waals surface area contributed by atoms with Crippen LogP contribution in [0.4, 0.5) is 0 Å². The van der Waals surface area contributed by atoms with Crippen molar-refractivity contribution in [2.24, 2.45) is 0 Å². The van der Waals surface area contributed by atoms with Gasteiger partial charge in [-0.3, -0.25) is 4.79 Å². The average Bonchev–Trinajstić information content (AvgIpc) is 2.15. The lowest BCUT2D eigenvalue weighted by molar-refractivity contribution is -0.134. The number of hydrogen-bond donors (Lipinski definition) is 1. The summed E-state index contributed by atoms with van der Waals surface area (Å²) < 4.78 is 5.01. The van der Waals surface area contributed by atoms with Crippen LogP contribution in [0.2, 0.25) is 0 Å². The summed E-state index contributed by atoms with van der Waals surface area (Å²) in [4.78, 5) is 9.00. The number of aliphatic carboxylic acids is 1. The molecule has 0 saturated heterocycles. The molecule has 0 aromatic carbocycles. The first-order chi connectivity index (χ1) is 4.63. The number of carboxylic acids is 1. The zero-order chi connectivity index (χ0) is 7.98. The van der Waals surface area contributed by atoms with Crippen molar-refractivity contribution in [3.63, 3.8) is 0 Å². The number of hydrogen-bond acceptors (Lipinski definition) is 2. The fourth-order valence-electron chi connectivity index (χ4n) is 0.541. The van der Waals surface area contributed by atoms with Crippen LogP contribution in [0.1, 0.15) is 20.3 Å². The molecule has 58 valence electrons. The summed E-state index contributed by atoms with van der Waals surface area (Å²) >= 11 is 0. The Labute approximate surface area is 60.3 Å². The van der Waals surface area contributed by atoms with Crippen LogP contribution in [0.5, 0.6) is 0 Å². The van der Waals surface area contributed by atoms with Crippen LogP contribution in [0, 0.1) is 0 Å². The maximum atomic E-state index is 9.00. The summed E-state index contributed by atoms with van der Waals surface area (Å²) in [6, 6.07) is 0. The number of carbonyl (C=O) groups is 1. The van der Waals surface area contributed by atoms with Crippen molar-refractivity contribution in [3.8, 4) is 0 Å². The lowest BCUT2D eigenvalue weighted by Gasteiger charge is -1.89. The first-order valence-corrected chi connectivity index (χ1v) is 3.12. The van der Waals surface area contributed by atoms with Crippen molar-refractivity contribution in [2.75, 3.05) is 6.61 Å². The largest absolute Gasteiger partial charge is 0.498 e. The number of allylic oxidation sites excluding steroid dienone is 1. The lowest BCUT2D eigenvalue weighted by Crippen LogP contribution is -1.78. The molecule has 1 aliphatic heterocycles. The molecule has 0 bridgehead atoms. The van der Waals surface area contributed by atoms with Gasteiger partial charge >= 0.3 is 0 Å². The van der Waals surface area contributed by atoms with Crippen LogP contribution >= 0.6 is 0 Å². The van der Waals surface area contributed by atoms with Gasteiger partial charge in [-0.15, -0.1) is 0 Å². The highest BCUT2D eigenvalue weighted by Gasteiger charge is 1.94. The van der Waals surface area contributed by atoms with Crippen molar-refractivity contribution in [3.05, 3.63) is 11.8 Å². The highest BCUT2D eigenvalue weighted by atomic mass is 16.5. The van der Waals surface area contributed by atoms with E-state index in [-0.39, 0.29) is 0 Å². The molecule has 0 aromatic heterocycles. The molecule has 0 aliphatic carbocycles. The molecule has 1 heterocycles. The highest BCUT2D eigenvalue weighted by molar-refractivity contribution is 5.62. The Hall–Kier alpha value is -0.990. The summed E-state index contributed by atoms with van der Waals surface area (Å²) in [7, 11) is 0. The molecule has 10 heavy (non-hydrogen) atoms. The van der Waals surface area contributed by atoms with E-state index < -0.39 is 5.97 Å². The minimum atomic E-state index is -0.833. The predicted molar refractivity (Wildman–Crippen MR) is 37.6 cm³/mol. The molecule has 0 fully saturated rings. The SMILES string of the molecule is CC(=O)O.CC1=CCCO1. The summed E-state index contributed by atoms with van der Waals surface area (Å²) in [6.45, 7) is 3.96. The summed E-state index contributed by atoms with van der Waals surface area (Å²) in [5, 5.41) is 7.42. The molecule has 3 heteroatoms. The quantitative estimate of drug-likeness (QED) is 0.559. The third kappa shape index (κ3) is 7.01. The Morgan fingerprint density at radius 1 is 1.80 bits per heavy atom. The van der Waals surface area contributed by atoms with Crippen LogP contribution in [0.15, 0.2) is 11.8 Å². The van der Waals surface area contributed by atoms with E-state index in [0.717, 1.165) is 25.7 Å². The van der Waals surface area contributed by atoms with Crippen LogP contribution in [-0.2, 0) is 9.53 Å². The molecule has 3 nitrogen and oxygen atoms in total. The molecule has 0 amide bonds.